The lowest BCUT2D eigenvalue weighted by atomic mass is 10.1. The highest BCUT2D eigenvalue weighted by Crippen LogP contribution is 2.31. The fourth-order valence-corrected chi connectivity index (χ4v) is 3.88. The Morgan fingerprint density at radius 1 is 1.11 bits per heavy atom. The average Bonchev–Trinajstić information content (AvgIpc) is 3.38. The molecule has 2 N–H and O–H groups in total. The molecular weight excluding hydrogens is 440 g/mol. The maximum atomic E-state index is 9.04. The van der Waals surface area contributed by atoms with Gasteiger partial charge in [0.15, 0.2) is 0 Å². The molecule has 1 fully saturated rings. The van der Waals surface area contributed by atoms with Crippen LogP contribution in [0.15, 0.2) is 48.5 Å². The Kier molecular flexibility index (Phi) is 7.57. The van der Waals surface area contributed by atoms with Gasteiger partial charge in [0.1, 0.15) is 11.6 Å². The average molecular weight is 467 g/mol. The van der Waals surface area contributed by atoms with E-state index in [1.807, 2.05) is 32.0 Å². The van der Waals surface area contributed by atoms with Crippen molar-refractivity contribution in [1.82, 2.24) is 9.97 Å². The number of hydrogen-bond acceptors (Lipinski definition) is 8. The fraction of sp³-hybridized carbons (Fsp3) is 0.259. The molecule has 0 radical (unpaired) electrons. The highest BCUT2D eigenvalue weighted by molar-refractivity contribution is 5.60. The van der Waals surface area contributed by atoms with Crippen LogP contribution in [0.3, 0.4) is 0 Å². The summed E-state index contributed by atoms with van der Waals surface area (Å²) in [6.45, 7) is 5.35. The summed E-state index contributed by atoms with van der Waals surface area (Å²) in [5.74, 6) is 2.07. The molecule has 0 bridgehead atoms. The molecule has 3 aromatic rings. The summed E-state index contributed by atoms with van der Waals surface area (Å²) in [5.41, 5.74) is 4.12. The number of aromatic nitrogens is 2. The molecule has 2 heterocycles. The van der Waals surface area contributed by atoms with Gasteiger partial charge in [0.25, 0.3) is 0 Å². The molecule has 8 heteroatoms. The number of nitriles is 2. The number of anilines is 3. The standard InChI is InChI=1S/C27H26N6O2/c1-18-13-21(5-3-11-28)14-19(2)26(18)35-25-15-24(30-17-23-6-4-12-34-23)32-27(33-25)31-22-9-7-20(16-29)8-10-22/h3,5,7-10,13-15,23H,4,6,12,17H2,1-2H3,(H2,30,31,32,33)/b5-3+. The minimum absolute atomic E-state index is 0.155. The summed E-state index contributed by atoms with van der Waals surface area (Å²) in [6.07, 6.45) is 5.45. The summed E-state index contributed by atoms with van der Waals surface area (Å²) < 4.78 is 11.9. The molecule has 1 atom stereocenters. The molecule has 0 amide bonds. The smallest absolute Gasteiger partial charge is 0.232 e. The van der Waals surface area contributed by atoms with E-state index in [1.54, 1.807) is 36.4 Å². The van der Waals surface area contributed by atoms with E-state index in [0.29, 0.717) is 35.5 Å². The third-order valence-electron chi connectivity index (χ3n) is 5.55. The van der Waals surface area contributed by atoms with Crippen molar-refractivity contribution in [1.29, 1.82) is 10.5 Å². The van der Waals surface area contributed by atoms with Crippen molar-refractivity contribution >= 4 is 23.5 Å². The summed E-state index contributed by atoms with van der Waals surface area (Å²) in [7, 11) is 0. The Hall–Kier alpha value is -4.40. The van der Waals surface area contributed by atoms with Gasteiger partial charge in [0, 0.05) is 31.0 Å². The van der Waals surface area contributed by atoms with E-state index in [4.69, 9.17) is 20.0 Å². The Bertz CT molecular complexity index is 1280. The van der Waals surface area contributed by atoms with Crippen LogP contribution in [0, 0.1) is 36.5 Å². The van der Waals surface area contributed by atoms with Crippen LogP contribution in [0.25, 0.3) is 6.08 Å². The molecule has 1 aromatic heterocycles. The second kappa shape index (κ2) is 11.1. The van der Waals surface area contributed by atoms with Gasteiger partial charge < -0.3 is 20.1 Å². The van der Waals surface area contributed by atoms with E-state index < -0.39 is 0 Å². The molecule has 1 saturated heterocycles. The van der Waals surface area contributed by atoms with Gasteiger partial charge in [-0.15, -0.1) is 0 Å². The number of benzene rings is 2. The lowest BCUT2D eigenvalue weighted by Gasteiger charge is -2.16. The second-order valence-corrected chi connectivity index (χ2v) is 8.29. The second-order valence-electron chi connectivity index (χ2n) is 8.29. The van der Waals surface area contributed by atoms with Gasteiger partial charge in [-0.05, 0) is 85.9 Å². The van der Waals surface area contributed by atoms with Gasteiger partial charge in [-0.3, -0.25) is 0 Å². The summed E-state index contributed by atoms with van der Waals surface area (Å²) in [5, 5.41) is 24.4. The lowest BCUT2D eigenvalue weighted by Crippen LogP contribution is -2.19. The van der Waals surface area contributed by atoms with Crippen LogP contribution in [0.5, 0.6) is 11.6 Å². The fourth-order valence-electron chi connectivity index (χ4n) is 3.88. The number of allylic oxidation sites excluding steroid dienone is 1. The normalized spacial score (nSPS) is 14.9. The van der Waals surface area contributed by atoms with Crippen LogP contribution in [0.4, 0.5) is 17.5 Å². The maximum Gasteiger partial charge on any atom is 0.232 e. The Balaban J connectivity index is 1.61. The molecule has 35 heavy (non-hydrogen) atoms. The zero-order valence-electron chi connectivity index (χ0n) is 19.7. The summed E-state index contributed by atoms with van der Waals surface area (Å²) >= 11 is 0. The highest BCUT2D eigenvalue weighted by atomic mass is 16.5. The predicted molar refractivity (Wildman–Crippen MR) is 135 cm³/mol. The minimum Gasteiger partial charge on any atom is -0.438 e. The molecule has 2 aromatic carbocycles. The number of rotatable bonds is 8. The van der Waals surface area contributed by atoms with Gasteiger partial charge in [0.2, 0.25) is 11.8 Å². The van der Waals surface area contributed by atoms with Gasteiger partial charge in [-0.2, -0.15) is 20.5 Å². The van der Waals surface area contributed by atoms with Crippen LogP contribution >= 0.6 is 0 Å². The van der Waals surface area contributed by atoms with Crippen molar-refractivity contribution in [3.05, 3.63) is 70.8 Å². The van der Waals surface area contributed by atoms with Crippen molar-refractivity contribution in [3.63, 3.8) is 0 Å². The van der Waals surface area contributed by atoms with Gasteiger partial charge in [0.05, 0.1) is 23.8 Å². The molecule has 4 rings (SSSR count). The van der Waals surface area contributed by atoms with E-state index in [0.717, 1.165) is 41.8 Å². The third kappa shape index (κ3) is 6.35. The first-order valence-electron chi connectivity index (χ1n) is 11.4. The molecule has 1 aliphatic rings. The predicted octanol–water partition coefficient (Wildman–Crippen LogP) is 5.63. The number of nitrogens with zero attached hydrogens (tertiary/aromatic N) is 4. The Morgan fingerprint density at radius 2 is 1.89 bits per heavy atom. The van der Waals surface area contributed by atoms with E-state index >= 15 is 0 Å². The van der Waals surface area contributed by atoms with Crippen molar-refractivity contribution in [3.8, 4) is 23.8 Å². The van der Waals surface area contributed by atoms with Crippen LogP contribution < -0.4 is 15.4 Å². The van der Waals surface area contributed by atoms with Crippen molar-refractivity contribution < 1.29 is 9.47 Å². The molecule has 0 saturated carbocycles. The number of hydrogen-bond donors (Lipinski definition) is 2. The molecule has 1 unspecified atom stereocenters. The maximum absolute atomic E-state index is 9.04. The Labute approximate surface area is 204 Å². The molecular formula is C27H26N6O2. The van der Waals surface area contributed by atoms with Crippen molar-refractivity contribution in [2.75, 3.05) is 23.8 Å². The van der Waals surface area contributed by atoms with Gasteiger partial charge in [-0.25, -0.2) is 0 Å². The van der Waals surface area contributed by atoms with Gasteiger partial charge in [-0.1, -0.05) is 0 Å². The Morgan fingerprint density at radius 3 is 2.54 bits per heavy atom. The minimum atomic E-state index is 0.155. The van der Waals surface area contributed by atoms with E-state index in [2.05, 4.69) is 26.7 Å². The first-order chi connectivity index (χ1) is 17.0. The molecule has 0 spiro atoms. The molecule has 1 aliphatic heterocycles. The van der Waals surface area contributed by atoms with Crippen LogP contribution in [-0.4, -0.2) is 29.2 Å². The van der Waals surface area contributed by atoms with Gasteiger partial charge >= 0.3 is 0 Å². The first kappa shape index (κ1) is 23.7. The van der Waals surface area contributed by atoms with E-state index in [1.165, 1.54) is 6.08 Å². The third-order valence-corrected chi connectivity index (χ3v) is 5.55. The number of aryl methyl sites for hydroxylation is 2. The molecule has 0 aliphatic carbocycles. The largest absolute Gasteiger partial charge is 0.438 e. The quantitative estimate of drug-likeness (QED) is 0.410. The van der Waals surface area contributed by atoms with Crippen molar-refractivity contribution in [2.45, 2.75) is 32.8 Å². The topological polar surface area (TPSA) is 116 Å². The number of nitrogens with one attached hydrogen (secondary N) is 2. The van der Waals surface area contributed by atoms with Crippen LogP contribution in [-0.2, 0) is 4.74 Å². The molecule has 176 valence electrons. The monoisotopic (exact) mass is 466 g/mol. The first-order valence-corrected chi connectivity index (χ1v) is 11.4. The molecule has 8 nitrogen and oxygen atoms in total. The SMILES string of the molecule is Cc1cc(/C=C/C#N)cc(C)c1Oc1cc(NCC2CCCO2)nc(Nc2ccc(C#N)cc2)n1. The van der Waals surface area contributed by atoms with Crippen LogP contribution in [0.2, 0.25) is 0 Å². The number of ether oxygens (including phenoxy) is 2. The van der Waals surface area contributed by atoms with Crippen LogP contribution in [0.1, 0.15) is 35.1 Å². The zero-order valence-corrected chi connectivity index (χ0v) is 19.7. The summed E-state index contributed by atoms with van der Waals surface area (Å²) in [4.78, 5) is 9.16. The van der Waals surface area contributed by atoms with E-state index in [-0.39, 0.29) is 6.10 Å². The highest BCUT2D eigenvalue weighted by Gasteiger charge is 2.16. The van der Waals surface area contributed by atoms with E-state index in [9.17, 15) is 0 Å². The summed E-state index contributed by atoms with van der Waals surface area (Å²) in [6, 6.07) is 16.9. The zero-order chi connectivity index (χ0) is 24.6. The van der Waals surface area contributed by atoms with Crippen molar-refractivity contribution in [2.24, 2.45) is 0 Å². The lowest BCUT2D eigenvalue weighted by molar-refractivity contribution is 0.120.